The molecule has 0 saturated carbocycles. The van der Waals surface area contributed by atoms with Gasteiger partial charge in [-0.3, -0.25) is 19.3 Å². The van der Waals surface area contributed by atoms with E-state index in [4.69, 9.17) is 11.6 Å². The maximum atomic E-state index is 13.2. The second-order valence-corrected chi connectivity index (χ2v) is 9.26. The zero-order chi connectivity index (χ0) is 24.9. The number of benzene rings is 2. The van der Waals surface area contributed by atoms with Gasteiger partial charge in [0.25, 0.3) is 0 Å². The number of halogens is 2. The Morgan fingerprint density at radius 3 is 2.49 bits per heavy atom. The highest BCUT2D eigenvalue weighted by molar-refractivity contribution is 6.31. The molecule has 3 amide bonds. The lowest BCUT2D eigenvalue weighted by molar-refractivity contribution is -0.145. The number of hydrogen-bond donors (Lipinski definition) is 2. The number of piperazine rings is 2. The van der Waals surface area contributed by atoms with Crippen LogP contribution in [-0.2, 0) is 14.4 Å². The predicted octanol–water partition coefficient (Wildman–Crippen LogP) is 2.27. The van der Waals surface area contributed by atoms with Gasteiger partial charge in [-0.25, -0.2) is 4.39 Å². The molecule has 2 aromatic rings. The molecule has 2 N–H and O–H groups in total. The first-order chi connectivity index (χ1) is 16.8. The van der Waals surface area contributed by atoms with Crippen molar-refractivity contribution in [2.45, 2.75) is 19.4 Å². The van der Waals surface area contributed by atoms with E-state index in [-0.39, 0.29) is 36.5 Å². The molecule has 35 heavy (non-hydrogen) atoms. The number of carbonyl (C=O) groups is 3. The lowest BCUT2D eigenvalue weighted by atomic mass is 10.1. The van der Waals surface area contributed by atoms with Crippen molar-refractivity contribution in [2.24, 2.45) is 0 Å². The molecule has 8 nitrogen and oxygen atoms in total. The standard InChI is InChI=1S/C25H29ClFN5O3/c1-17-2-5-19(14-21(17)26)29-23(33)15-22-25(35)28-8-9-32(22)24(34)16-30-10-12-31(13-11-30)20-6-3-18(27)4-7-20/h2-7,14,22H,8-13,15-16H2,1H3,(H,28,35)(H,29,33)/t22-/m0/s1. The molecule has 186 valence electrons. The number of amides is 3. The maximum absolute atomic E-state index is 13.2. The van der Waals surface area contributed by atoms with Gasteiger partial charge in [0.1, 0.15) is 11.9 Å². The smallest absolute Gasteiger partial charge is 0.243 e. The number of nitrogens with one attached hydrogen (secondary N) is 2. The summed E-state index contributed by atoms with van der Waals surface area (Å²) in [7, 11) is 0. The maximum Gasteiger partial charge on any atom is 0.243 e. The lowest BCUT2D eigenvalue weighted by Crippen LogP contribution is -2.60. The van der Waals surface area contributed by atoms with Gasteiger partial charge in [0.05, 0.1) is 13.0 Å². The van der Waals surface area contributed by atoms with E-state index < -0.39 is 6.04 Å². The SMILES string of the molecule is Cc1ccc(NC(=O)C[C@H]2C(=O)NCCN2C(=O)CN2CCN(c3ccc(F)cc3)CC2)cc1Cl. The molecule has 10 heteroatoms. The topological polar surface area (TPSA) is 85.0 Å². The Bertz CT molecular complexity index is 1090. The molecule has 0 spiro atoms. The first-order valence-corrected chi connectivity index (χ1v) is 12.0. The summed E-state index contributed by atoms with van der Waals surface area (Å²) >= 11 is 6.13. The third-order valence-corrected chi connectivity index (χ3v) is 6.82. The van der Waals surface area contributed by atoms with Crippen LogP contribution >= 0.6 is 11.6 Å². The van der Waals surface area contributed by atoms with Gasteiger partial charge in [0, 0.05) is 55.7 Å². The molecule has 0 aromatic heterocycles. The summed E-state index contributed by atoms with van der Waals surface area (Å²) in [5.74, 6) is -1.14. The van der Waals surface area contributed by atoms with E-state index in [1.807, 2.05) is 11.8 Å². The molecular weight excluding hydrogens is 473 g/mol. The largest absolute Gasteiger partial charge is 0.369 e. The van der Waals surface area contributed by atoms with Gasteiger partial charge in [-0.05, 0) is 48.9 Å². The zero-order valence-electron chi connectivity index (χ0n) is 19.6. The molecule has 2 aromatic carbocycles. The number of hydrogen-bond acceptors (Lipinski definition) is 5. The van der Waals surface area contributed by atoms with E-state index in [1.165, 1.54) is 17.0 Å². The number of anilines is 2. The third-order valence-electron chi connectivity index (χ3n) is 6.41. The average molecular weight is 502 g/mol. The van der Waals surface area contributed by atoms with Crippen LogP contribution in [0.5, 0.6) is 0 Å². The minimum absolute atomic E-state index is 0.137. The first kappa shape index (κ1) is 24.9. The van der Waals surface area contributed by atoms with E-state index in [0.29, 0.717) is 50.0 Å². The molecule has 0 radical (unpaired) electrons. The summed E-state index contributed by atoms with van der Waals surface area (Å²) in [4.78, 5) is 44.1. The van der Waals surface area contributed by atoms with E-state index in [2.05, 4.69) is 15.5 Å². The summed E-state index contributed by atoms with van der Waals surface area (Å²) in [5.41, 5.74) is 2.39. The highest BCUT2D eigenvalue weighted by atomic mass is 35.5. The van der Waals surface area contributed by atoms with Crippen molar-refractivity contribution in [2.75, 3.05) is 56.0 Å². The Hall–Kier alpha value is -3.17. The third kappa shape index (κ3) is 6.29. The monoisotopic (exact) mass is 501 g/mol. The minimum Gasteiger partial charge on any atom is -0.369 e. The van der Waals surface area contributed by atoms with Gasteiger partial charge in [0.15, 0.2) is 0 Å². The van der Waals surface area contributed by atoms with Crippen LogP contribution in [0.4, 0.5) is 15.8 Å². The highest BCUT2D eigenvalue weighted by Gasteiger charge is 2.35. The Labute approximate surface area is 209 Å². The second-order valence-electron chi connectivity index (χ2n) is 8.85. The van der Waals surface area contributed by atoms with E-state index >= 15 is 0 Å². The quantitative estimate of drug-likeness (QED) is 0.634. The average Bonchev–Trinajstić information content (AvgIpc) is 2.84. The van der Waals surface area contributed by atoms with Gasteiger partial charge >= 0.3 is 0 Å². The van der Waals surface area contributed by atoms with Crippen LogP contribution in [0.15, 0.2) is 42.5 Å². The molecule has 2 aliphatic heterocycles. The van der Waals surface area contributed by atoms with Crippen LogP contribution in [0.2, 0.25) is 5.02 Å². The molecule has 2 saturated heterocycles. The number of nitrogens with zero attached hydrogens (tertiary/aromatic N) is 3. The van der Waals surface area contributed by atoms with Crippen molar-refractivity contribution in [1.82, 2.24) is 15.1 Å². The molecule has 2 aliphatic rings. The van der Waals surface area contributed by atoms with Gasteiger partial charge in [-0.15, -0.1) is 0 Å². The first-order valence-electron chi connectivity index (χ1n) is 11.7. The van der Waals surface area contributed by atoms with Gasteiger partial charge in [-0.2, -0.15) is 0 Å². The molecule has 2 fully saturated rings. The van der Waals surface area contributed by atoms with Gasteiger partial charge < -0.3 is 20.4 Å². The predicted molar refractivity (Wildman–Crippen MR) is 133 cm³/mol. The Morgan fingerprint density at radius 1 is 1.09 bits per heavy atom. The van der Waals surface area contributed by atoms with Crippen molar-refractivity contribution in [3.05, 3.63) is 58.9 Å². The van der Waals surface area contributed by atoms with Crippen LogP contribution in [0.3, 0.4) is 0 Å². The molecule has 1 atom stereocenters. The second kappa shape index (κ2) is 11.0. The van der Waals surface area contributed by atoms with Gasteiger partial charge in [0.2, 0.25) is 17.7 Å². The van der Waals surface area contributed by atoms with Crippen molar-refractivity contribution in [3.8, 4) is 0 Å². The van der Waals surface area contributed by atoms with E-state index in [1.54, 1.807) is 30.3 Å². The summed E-state index contributed by atoms with van der Waals surface area (Å²) in [6.07, 6.45) is -0.137. The van der Waals surface area contributed by atoms with Crippen LogP contribution in [0.1, 0.15) is 12.0 Å². The molecule has 0 bridgehead atoms. The Balaban J connectivity index is 1.32. The summed E-state index contributed by atoms with van der Waals surface area (Å²) in [6, 6.07) is 10.7. The zero-order valence-corrected chi connectivity index (χ0v) is 20.4. The Kier molecular flexibility index (Phi) is 7.87. The molecule has 0 aliphatic carbocycles. The molecular formula is C25H29ClFN5O3. The lowest BCUT2D eigenvalue weighted by Gasteiger charge is -2.39. The normalized spacial score (nSPS) is 18.8. The minimum atomic E-state index is -0.863. The fourth-order valence-corrected chi connectivity index (χ4v) is 4.55. The number of aryl methyl sites for hydroxylation is 1. The van der Waals surface area contributed by atoms with Crippen LogP contribution < -0.4 is 15.5 Å². The number of rotatable bonds is 6. The van der Waals surface area contributed by atoms with Crippen molar-refractivity contribution in [1.29, 1.82) is 0 Å². The molecule has 4 rings (SSSR count). The summed E-state index contributed by atoms with van der Waals surface area (Å²) < 4.78 is 13.2. The highest BCUT2D eigenvalue weighted by Crippen LogP contribution is 2.21. The molecule has 2 heterocycles. The van der Waals surface area contributed by atoms with E-state index in [9.17, 15) is 18.8 Å². The van der Waals surface area contributed by atoms with E-state index in [0.717, 1.165) is 11.3 Å². The molecule has 0 unspecified atom stereocenters. The van der Waals surface area contributed by atoms with Crippen molar-refractivity contribution >= 4 is 40.7 Å². The fourth-order valence-electron chi connectivity index (χ4n) is 4.37. The summed E-state index contributed by atoms with van der Waals surface area (Å²) in [6.45, 7) is 5.52. The van der Waals surface area contributed by atoms with Crippen molar-refractivity contribution < 1.29 is 18.8 Å². The Morgan fingerprint density at radius 2 is 1.80 bits per heavy atom. The van der Waals surface area contributed by atoms with Crippen LogP contribution in [0, 0.1) is 12.7 Å². The van der Waals surface area contributed by atoms with Gasteiger partial charge in [-0.1, -0.05) is 17.7 Å². The summed E-state index contributed by atoms with van der Waals surface area (Å²) in [5, 5.41) is 6.05. The van der Waals surface area contributed by atoms with Crippen LogP contribution in [-0.4, -0.2) is 79.4 Å². The van der Waals surface area contributed by atoms with Crippen molar-refractivity contribution in [3.63, 3.8) is 0 Å². The fraction of sp³-hybridized carbons (Fsp3) is 0.400. The van der Waals surface area contributed by atoms with Crippen LogP contribution in [0.25, 0.3) is 0 Å². The number of carbonyl (C=O) groups excluding carboxylic acids is 3.